The van der Waals surface area contributed by atoms with Gasteiger partial charge in [0.25, 0.3) is 0 Å². The van der Waals surface area contributed by atoms with Crippen molar-refractivity contribution in [3.8, 4) is 0 Å². The molecule has 0 aromatic heterocycles. The van der Waals surface area contributed by atoms with E-state index >= 15 is 0 Å². The number of sulfonamides is 1. The summed E-state index contributed by atoms with van der Waals surface area (Å²) in [6.45, 7) is 3.77. The molecule has 0 heterocycles. The van der Waals surface area contributed by atoms with Gasteiger partial charge >= 0.3 is 0 Å². The van der Waals surface area contributed by atoms with Crippen LogP contribution in [0.15, 0.2) is 89.8 Å². The second kappa shape index (κ2) is 10.4. The molecule has 0 spiro atoms. The summed E-state index contributed by atoms with van der Waals surface area (Å²) in [7, 11) is -3.81. The van der Waals surface area contributed by atoms with E-state index in [0.29, 0.717) is 6.42 Å². The monoisotopic (exact) mass is 436 g/mol. The summed E-state index contributed by atoms with van der Waals surface area (Å²) in [5.74, 6) is -0.333. The molecule has 31 heavy (non-hydrogen) atoms. The first-order valence-corrected chi connectivity index (χ1v) is 11.8. The SMILES string of the molecule is Cc1ccc(S(=O)(=O)N(CCc2ccccc2)CC(=O)N[C@H](C)c2ccccc2)cc1. The van der Waals surface area contributed by atoms with Gasteiger partial charge in [0.2, 0.25) is 15.9 Å². The predicted molar refractivity (Wildman–Crippen MR) is 123 cm³/mol. The van der Waals surface area contributed by atoms with Crippen LogP contribution < -0.4 is 5.32 Å². The maximum atomic E-state index is 13.3. The number of nitrogens with one attached hydrogen (secondary N) is 1. The number of hydrogen-bond donors (Lipinski definition) is 1. The van der Waals surface area contributed by atoms with E-state index in [1.54, 1.807) is 24.3 Å². The lowest BCUT2D eigenvalue weighted by Crippen LogP contribution is -2.42. The van der Waals surface area contributed by atoms with Crippen molar-refractivity contribution in [3.63, 3.8) is 0 Å². The molecule has 3 aromatic carbocycles. The highest BCUT2D eigenvalue weighted by atomic mass is 32.2. The summed E-state index contributed by atoms with van der Waals surface area (Å²) < 4.78 is 27.9. The first-order valence-electron chi connectivity index (χ1n) is 10.3. The molecule has 6 heteroatoms. The average molecular weight is 437 g/mol. The lowest BCUT2D eigenvalue weighted by molar-refractivity contribution is -0.121. The van der Waals surface area contributed by atoms with Crippen molar-refractivity contribution < 1.29 is 13.2 Å². The van der Waals surface area contributed by atoms with Crippen LogP contribution in [0.3, 0.4) is 0 Å². The Balaban J connectivity index is 1.77. The Morgan fingerprint density at radius 1 is 0.903 bits per heavy atom. The number of rotatable bonds is 9. The molecular weight excluding hydrogens is 408 g/mol. The molecule has 1 amide bonds. The molecule has 0 bridgehead atoms. The van der Waals surface area contributed by atoms with Gasteiger partial charge in [-0.1, -0.05) is 78.4 Å². The summed E-state index contributed by atoms with van der Waals surface area (Å²) in [6.07, 6.45) is 0.521. The zero-order valence-electron chi connectivity index (χ0n) is 17.9. The van der Waals surface area contributed by atoms with Crippen LogP contribution in [0.2, 0.25) is 0 Å². The molecule has 3 rings (SSSR count). The fraction of sp³-hybridized carbons (Fsp3) is 0.240. The second-order valence-corrected chi connectivity index (χ2v) is 9.53. The lowest BCUT2D eigenvalue weighted by atomic mass is 10.1. The number of amides is 1. The number of aryl methyl sites for hydroxylation is 1. The first-order chi connectivity index (χ1) is 14.9. The van der Waals surface area contributed by atoms with Crippen LogP contribution in [-0.2, 0) is 21.2 Å². The highest BCUT2D eigenvalue weighted by Gasteiger charge is 2.27. The molecule has 5 nitrogen and oxygen atoms in total. The molecule has 3 aromatic rings. The molecule has 0 radical (unpaired) electrons. The van der Waals surface area contributed by atoms with Gasteiger partial charge in [-0.05, 0) is 43.5 Å². The van der Waals surface area contributed by atoms with Crippen molar-refractivity contribution in [2.75, 3.05) is 13.1 Å². The van der Waals surface area contributed by atoms with Crippen LogP contribution in [0.1, 0.15) is 29.7 Å². The van der Waals surface area contributed by atoms with Crippen LogP contribution in [-0.4, -0.2) is 31.7 Å². The van der Waals surface area contributed by atoms with E-state index in [1.165, 1.54) is 4.31 Å². The molecule has 0 saturated heterocycles. The first kappa shape index (κ1) is 22.7. The van der Waals surface area contributed by atoms with Gasteiger partial charge in [0.1, 0.15) is 0 Å². The minimum absolute atomic E-state index is 0.190. The average Bonchev–Trinajstić information content (AvgIpc) is 2.78. The van der Waals surface area contributed by atoms with Gasteiger partial charge < -0.3 is 5.32 Å². The fourth-order valence-electron chi connectivity index (χ4n) is 3.31. The van der Waals surface area contributed by atoms with E-state index in [1.807, 2.05) is 74.5 Å². The molecule has 0 unspecified atom stereocenters. The van der Waals surface area contributed by atoms with Crippen molar-refractivity contribution in [3.05, 3.63) is 102 Å². The quantitative estimate of drug-likeness (QED) is 0.549. The van der Waals surface area contributed by atoms with E-state index in [2.05, 4.69) is 5.32 Å². The Morgan fingerprint density at radius 2 is 1.48 bits per heavy atom. The number of hydrogen-bond acceptors (Lipinski definition) is 3. The molecule has 0 aliphatic rings. The highest BCUT2D eigenvalue weighted by molar-refractivity contribution is 7.89. The van der Waals surface area contributed by atoms with Crippen molar-refractivity contribution in [2.45, 2.75) is 31.2 Å². The Morgan fingerprint density at radius 3 is 2.10 bits per heavy atom. The fourth-order valence-corrected chi connectivity index (χ4v) is 4.71. The van der Waals surface area contributed by atoms with Crippen LogP contribution >= 0.6 is 0 Å². The lowest BCUT2D eigenvalue weighted by Gasteiger charge is -2.23. The van der Waals surface area contributed by atoms with Crippen LogP contribution in [0.25, 0.3) is 0 Å². The van der Waals surface area contributed by atoms with Crippen LogP contribution in [0.5, 0.6) is 0 Å². The third-order valence-corrected chi connectivity index (χ3v) is 7.01. The smallest absolute Gasteiger partial charge is 0.243 e. The van der Waals surface area contributed by atoms with Crippen molar-refractivity contribution >= 4 is 15.9 Å². The minimum atomic E-state index is -3.81. The Hall–Kier alpha value is -2.96. The maximum absolute atomic E-state index is 13.3. The molecule has 0 aliphatic heterocycles. The second-order valence-electron chi connectivity index (χ2n) is 7.59. The Labute approximate surface area is 184 Å². The summed E-state index contributed by atoms with van der Waals surface area (Å²) in [5, 5.41) is 2.91. The summed E-state index contributed by atoms with van der Waals surface area (Å²) in [4.78, 5) is 13.0. The zero-order valence-corrected chi connectivity index (χ0v) is 18.7. The molecular formula is C25H28N2O3S. The topological polar surface area (TPSA) is 66.5 Å². The largest absolute Gasteiger partial charge is 0.348 e. The number of nitrogens with zero attached hydrogens (tertiary/aromatic N) is 1. The number of carbonyl (C=O) groups is 1. The molecule has 0 fully saturated rings. The van der Waals surface area contributed by atoms with Crippen molar-refractivity contribution in [1.82, 2.24) is 9.62 Å². The standard InChI is InChI=1S/C25H28N2O3S/c1-20-13-15-24(16-14-20)31(29,30)27(18-17-22-9-5-3-6-10-22)19-25(28)26-21(2)23-11-7-4-8-12-23/h3-16,21H,17-19H2,1-2H3,(H,26,28)/t21-/m1/s1. The Bertz CT molecular complexity index is 1080. The number of carbonyl (C=O) groups excluding carboxylic acids is 1. The van der Waals surface area contributed by atoms with E-state index in [0.717, 1.165) is 16.7 Å². The molecule has 0 aliphatic carbocycles. The van der Waals surface area contributed by atoms with Crippen LogP contribution in [0, 0.1) is 6.92 Å². The third kappa shape index (κ3) is 6.26. The van der Waals surface area contributed by atoms with Gasteiger partial charge in [0, 0.05) is 6.54 Å². The predicted octanol–water partition coefficient (Wildman–Crippen LogP) is 4.11. The summed E-state index contributed by atoms with van der Waals surface area (Å²) in [5.41, 5.74) is 2.96. The molecule has 162 valence electrons. The van der Waals surface area contributed by atoms with Crippen molar-refractivity contribution in [1.29, 1.82) is 0 Å². The van der Waals surface area contributed by atoms with Gasteiger partial charge in [-0.3, -0.25) is 4.79 Å². The van der Waals surface area contributed by atoms with Crippen molar-refractivity contribution in [2.24, 2.45) is 0 Å². The highest BCUT2D eigenvalue weighted by Crippen LogP contribution is 2.18. The normalized spacial score (nSPS) is 12.5. The van der Waals surface area contributed by atoms with E-state index in [9.17, 15) is 13.2 Å². The van der Waals surface area contributed by atoms with Crippen LogP contribution in [0.4, 0.5) is 0 Å². The van der Waals surface area contributed by atoms with Gasteiger partial charge in [-0.15, -0.1) is 0 Å². The number of benzene rings is 3. The van der Waals surface area contributed by atoms with Gasteiger partial charge in [0.05, 0.1) is 17.5 Å². The summed E-state index contributed by atoms with van der Waals surface area (Å²) in [6, 6.07) is 25.7. The van der Waals surface area contributed by atoms with E-state index in [4.69, 9.17) is 0 Å². The zero-order chi connectivity index (χ0) is 22.3. The Kier molecular flexibility index (Phi) is 7.60. The maximum Gasteiger partial charge on any atom is 0.243 e. The molecule has 1 atom stereocenters. The van der Waals surface area contributed by atoms with Gasteiger partial charge in [0.15, 0.2) is 0 Å². The van der Waals surface area contributed by atoms with Gasteiger partial charge in [-0.25, -0.2) is 8.42 Å². The third-order valence-electron chi connectivity index (χ3n) is 5.15. The summed E-state index contributed by atoms with van der Waals surface area (Å²) >= 11 is 0. The minimum Gasteiger partial charge on any atom is -0.348 e. The van der Waals surface area contributed by atoms with Gasteiger partial charge in [-0.2, -0.15) is 4.31 Å². The molecule has 0 saturated carbocycles. The van der Waals surface area contributed by atoms with E-state index in [-0.39, 0.29) is 29.9 Å². The van der Waals surface area contributed by atoms with E-state index < -0.39 is 10.0 Å². The molecule has 1 N–H and O–H groups in total.